The lowest BCUT2D eigenvalue weighted by Gasteiger charge is -2.30. The molecule has 0 saturated carbocycles. The van der Waals surface area contributed by atoms with Gasteiger partial charge in [-0.25, -0.2) is 4.79 Å². The Kier molecular flexibility index (Phi) is 5.16. The van der Waals surface area contributed by atoms with Gasteiger partial charge in [0.1, 0.15) is 0 Å². The molecule has 1 amide bonds. The Bertz CT molecular complexity index is 782. The number of rotatable bonds is 5. The summed E-state index contributed by atoms with van der Waals surface area (Å²) in [6.45, 7) is 2.86. The summed E-state index contributed by atoms with van der Waals surface area (Å²) >= 11 is 0. The molecule has 0 unspecified atom stereocenters. The zero-order valence-corrected chi connectivity index (χ0v) is 14.7. The summed E-state index contributed by atoms with van der Waals surface area (Å²) in [5.41, 5.74) is 3.54. The molecule has 2 heterocycles. The lowest BCUT2D eigenvalue weighted by atomic mass is 9.98. The minimum absolute atomic E-state index is 0.103. The number of aryl methyl sites for hydroxylation is 3. The Balaban J connectivity index is 1.73. The second-order valence-corrected chi connectivity index (χ2v) is 6.16. The summed E-state index contributed by atoms with van der Waals surface area (Å²) in [5, 5.41) is 4.13. The predicted octanol–water partition coefficient (Wildman–Crippen LogP) is 2.51. The lowest BCUT2D eigenvalue weighted by molar-refractivity contribution is -0.118. The zero-order chi connectivity index (χ0) is 17.8. The van der Waals surface area contributed by atoms with Crippen molar-refractivity contribution in [2.75, 3.05) is 18.1 Å². The number of benzene rings is 1. The first-order chi connectivity index (χ1) is 12.1. The van der Waals surface area contributed by atoms with Crippen molar-refractivity contribution >= 4 is 17.6 Å². The number of amides is 1. The van der Waals surface area contributed by atoms with Gasteiger partial charge in [-0.1, -0.05) is 0 Å². The number of hydrogen-bond donors (Lipinski definition) is 0. The van der Waals surface area contributed by atoms with Crippen LogP contribution in [0.1, 0.15) is 41.4 Å². The lowest BCUT2D eigenvalue weighted by Crippen LogP contribution is -2.35. The fourth-order valence-corrected chi connectivity index (χ4v) is 3.21. The molecule has 0 bridgehead atoms. The van der Waals surface area contributed by atoms with E-state index >= 15 is 0 Å². The number of nitrogens with zero attached hydrogens (tertiary/aromatic N) is 3. The van der Waals surface area contributed by atoms with Gasteiger partial charge in [-0.3, -0.25) is 9.48 Å². The fraction of sp³-hybridized carbons (Fsp3) is 0.421. The topological polar surface area (TPSA) is 64.4 Å². The molecule has 132 valence electrons. The SMILES string of the molecule is CCOC(=O)c1ccc2c(c1)CCCN2C(=O)CCc1ccnn1C. The van der Waals surface area contributed by atoms with Crippen LogP contribution in [-0.2, 0) is 29.4 Å². The molecule has 1 aromatic carbocycles. The van der Waals surface area contributed by atoms with Crippen molar-refractivity contribution in [3.63, 3.8) is 0 Å². The Morgan fingerprint density at radius 1 is 1.28 bits per heavy atom. The third-order valence-corrected chi connectivity index (χ3v) is 4.53. The minimum Gasteiger partial charge on any atom is -0.462 e. The molecular weight excluding hydrogens is 318 g/mol. The van der Waals surface area contributed by atoms with Crippen LogP contribution in [0.25, 0.3) is 0 Å². The first kappa shape index (κ1) is 17.2. The van der Waals surface area contributed by atoms with Gasteiger partial charge in [0, 0.05) is 37.6 Å². The molecule has 2 aromatic rings. The van der Waals surface area contributed by atoms with E-state index < -0.39 is 0 Å². The van der Waals surface area contributed by atoms with Crippen LogP contribution in [0, 0.1) is 0 Å². The second-order valence-electron chi connectivity index (χ2n) is 6.16. The van der Waals surface area contributed by atoms with E-state index in [0.717, 1.165) is 36.3 Å². The molecule has 1 aromatic heterocycles. The average Bonchev–Trinajstić information content (AvgIpc) is 3.03. The van der Waals surface area contributed by atoms with Gasteiger partial charge >= 0.3 is 5.97 Å². The van der Waals surface area contributed by atoms with Crippen LogP contribution in [0.3, 0.4) is 0 Å². The normalized spacial score (nSPS) is 13.4. The number of esters is 1. The number of fused-ring (bicyclic) bond motifs is 1. The standard InChI is InChI=1S/C19H23N3O3/c1-3-25-19(24)15-6-8-17-14(13-15)5-4-12-22(17)18(23)9-7-16-10-11-20-21(16)2/h6,8,10-11,13H,3-5,7,9,12H2,1-2H3. The number of carbonyl (C=O) groups excluding carboxylic acids is 2. The van der Waals surface area contributed by atoms with Gasteiger partial charge in [0.15, 0.2) is 0 Å². The number of carbonyl (C=O) groups is 2. The van der Waals surface area contributed by atoms with E-state index in [1.54, 1.807) is 23.9 Å². The highest BCUT2D eigenvalue weighted by Crippen LogP contribution is 2.29. The van der Waals surface area contributed by atoms with Crippen LogP contribution in [0.15, 0.2) is 30.5 Å². The Hall–Kier alpha value is -2.63. The zero-order valence-electron chi connectivity index (χ0n) is 14.7. The highest BCUT2D eigenvalue weighted by Gasteiger charge is 2.23. The number of ether oxygens (including phenoxy) is 1. The van der Waals surface area contributed by atoms with Gasteiger partial charge in [-0.2, -0.15) is 5.10 Å². The van der Waals surface area contributed by atoms with Crippen molar-refractivity contribution in [2.45, 2.75) is 32.6 Å². The molecule has 1 aliphatic rings. The number of aromatic nitrogens is 2. The molecule has 0 saturated heterocycles. The van der Waals surface area contributed by atoms with Crippen LogP contribution in [0.2, 0.25) is 0 Å². The average molecular weight is 341 g/mol. The summed E-state index contributed by atoms with van der Waals surface area (Å²) in [7, 11) is 1.88. The summed E-state index contributed by atoms with van der Waals surface area (Å²) < 4.78 is 6.85. The third kappa shape index (κ3) is 3.73. The maximum atomic E-state index is 12.7. The molecule has 0 fully saturated rings. The molecule has 6 nitrogen and oxygen atoms in total. The summed E-state index contributed by atoms with van der Waals surface area (Å²) in [5.74, 6) is -0.212. The second kappa shape index (κ2) is 7.51. The predicted molar refractivity (Wildman–Crippen MR) is 94.6 cm³/mol. The molecule has 3 rings (SSSR count). The van der Waals surface area contributed by atoms with Gasteiger partial charge in [0.05, 0.1) is 12.2 Å². The van der Waals surface area contributed by atoms with Crippen LogP contribution in [0.5, 0.6) is 0 Å². The van der Waals surface area contributed by atoms with Crippen LogP contribution in [0.4, 0.5) is 5.69 Å². The van der Waals surface area contributed by atoms with Crippen molar-refractivity contribution in [1.82, 2.24) is 9.78 Å². The molecule has 1 aliphatic heterocycles. The van der Waals surface area contributed by atoms with Gasteiger partial charge in [-0.05, 0) is 56.0 Å². The maximum absolute atomic E-state index is 12.7. The Labute approximate surface area is 147 Å². The van der Waals surface area contributed by atoms with Crippen molar-refractivity contribution in [3.05, 3.63) is 47.3 Å². The molecule has 0 aliphatic carbocycles. The van der Waals surface area contributed by atoms with E-state index in [2.05, 4.69) is 5.10 Å². The molecular formula is C19H23N3O3. The summed E-state index contributed by atoms with van der Waals surface area (Å²) in [6, 6.07) is 7.39. The quantitative estimate of drug-likeness (QED) is 0.784. The first-order valence-electron chi connectivity index (χ1n) is 8.67. The molecule has 0 atom stereocenters. The molecule has 25 heavy (non-hydrogen) atoms. The smallest absolute Gasteiger partial charge is 0.338 e. The van der Waals surface area contributed by atoms with Crippen LogP contribution < -0.4 is 4.90 Å². The van der Waals surface area contributed by atoms with E-state index in [9.17, 15) is 9.59 Å². The van der Waals surface area contributed by atoms with Gasteiger partial charge in [-0.15, -0.1) is 0 Å². The van der Waals surface area contributed by atoms with E-state index in [4.69, 9.17) is 4.74 Å². The molecule has 0 N–H and O–H groups in total. The van der Waals surface area contributed by atoms with Crippen molar-refractivity contribution in [1.29, 1.82) is 0 Å². The Morgan fingerprint density at radius 3 is 2.84 bits per heavy atom. The summed E-state index contributed by atoms with van der Waals surface area (Å²) in [6.07, 6.45) is 4.62. The fourth-order valence-electron chi connectivity index (χ4n) is 3.21. The largest absolute Gasteiger partial charge is 0.462 e. The van der Waals surface area contributed by atoms with Crippen molar-refractivity contribution in [3.8, 4) is 0 Å². The Morgan fingerprint density at radius 2 is 2.12 bits per heavy atom. The van der Waals surface area contributed by atoms with E-state index in [0.29, 0.717) is 25.0 Å². The third-order valence-electron chi connectivity index (χ3n) is 4.53. The highest BCUT2D eigenvalue weighted by atomic mass is 16.5. The summed E-state index contributed by atoms with van der Waals surface area (Å²) in [4.78, 5) is 26.4. The molecule has 6 heteroatoms. The maximum Gasteiger partial charge on any atom is 0.338 e. The van der Waals surface area contributed by atoms with E-state index in [-0.39, 0.29) is 11.9 Å². The van der Waals surface area contributed by atoms with Crippen molar-refractivity contribution in [2.24, 2.45) is 7.05 Å². The number of hydrogen-bond acceptors (Lipinski definition) is 4. The number of anilines is 1. The first-order valence-corrected chi connectivity index (χ1v) is 8.67. The minimum atomic E-state index is -0.315. The van der Waals surface area contributed by atoms with Gasteiger partial charge < -0.3 is 9.64 Å². The van der Waals surface area contributed by atoms with Gasteiger partial charge in [0.25, 0.3) is 0 Å². The van der Waals surface area contributed by atoms with E-state index in [1.165, 1.54) is 0 Å². The van der Waals surface area contributed by atoms with E-state index in [1.807, 2.05) is 30.1 Å². The molecule has 0 spiro atoms. The van der Waals surface area contributed by atoms with Crippen molar-refractivity contribution < 1.29 is 14.3 Å². The van der Waals surface area contributed by atoms with Crippen LogP contribution in [-0.4, -0.2) is 34.8 Å². The monoisotopic (exact) mass is 341 g/mol. The van der Waals surface area contributed by atoms with Crippen LogP contribution >= 0.6 is 0 Å². The molecule has 0 radical (unpaired) electrons. The highest BCUT2D eigenvalue weighted by molar-refractivity contribution is 5.96. The van der Waals surface area contributed by atoms with Gasteiger partial charge in [0.2, 0.25) is 5.91 Å².